The SMILES string of the molecule is Cc1cc(Br)cnc1Nc1cc(F)ccc1Br. The fraction of sp³-hybridized carbons (Fsp3) is 0.0833. The van der Waals surface area contributed by atoms with E-state index in [2.05, 4.69) is 42.2 Å². The standard InChI is InChI=1S/C12H9Br2FN2/c1-7-4-8(13)6-16-12(7)17-11-5-9(15)2-3-10(11)14/h2-6H,1H3,(H,16,17). The van der Waals surface area contributed by atoms with Gasteiger partial charge in [0, 0.05) is 15.1 Å². The van der Waals surface area contributed by atoms with Gasteiger partial charge in [-0.25, -0.2) is 9.37 Å². The zero-order valence-corrected chi connectivity index (χ0v) is 12.1. The van der Waals surface area contributed by atoms with Crippen LogP contribution in [0.4, 0.5) is 15.9 Å². The summed E-state index contributed by atoms with van der Waals surface area (Å²) in [5, 5.41) is 3.09. The lowest BCUT2D eigenvalue weighted by atomic mass is 10.2. The van der Waals surface area contributed by atoms with E-state index in [4.69, 9.17) is 0 Å². The molecule has 0 aliphatic heterocycles. The van der Waals surface area contributed by atoms with Crippen LogP contribution >= 0.6 is 31.9 Å². The molecule has 17 heavy (non-hydrogen) atoms. The molecule has 0 bridgehead atoms. The van der Waals surface area contributed by atoms with Gasteiger partial charge in [0.2, 0.25) is 0 Å². The van der Waals surface area contributed by atoms with Crippen LogP contribution in [0.15, 0.2) is 39.4 Å². The number of rotatable bonds is 2. The third-order valence-electron chi connectivity index (χ3n) is 2.23. The topological polar surface area (TPSA) is 24.9 Å². The molecule has 0 aliphatic rings. The molecule has 0 atom stereocenters. The van der Waals surface area contributed by atoms with Gasteiger partial charge in [-0.1, -0.05) is 0 Å². The summed E-state index contributed by atoms with van der Waals surface area (Å²) in [6, 6.07) is 6.43. The third kappa shape index (κ3) is 3.04. The number of benzene rings is 1. The quantitative estimate of drug-likeness (QED) is 0.833. The number of halogens is 3. The van der Waals surface area contributed by atoms with E-state index in [0.717, 1.165) is 14.5 Å². The molecule has 0 amide bonds. The van der Waals surface area contributed by atoms with Crippen molar-refractivity contribution in [2.45, 2.75) is 6.92 Å². The zero-order valence-electron chi connectivity index (χ0n) is 8.97. The Bertz CT molecular complexity index is 558. The van der Waals surface area contributed by atoms with Crippen molar-refractivity contribution in [1.82, 2.24) is 4.98 Å². The van der Waals surface area contributed by atoms with Crippen molar-refractivity contribution in [2.75, 3.05) is 5.32 Å². The van der Waals surface area contributed by atoms with Crippen LogP contribution in [0.25, 0.3) is 0 Å². The van der Waals surface area contributed by atoms with Crippen molar-refractivity contribution in [2.24, 2.45) is 0 Å². The lowest BCUT2D eigenvalue weighted by molar-refractivity contribution is 0.628. The summed E-state index contributed by atoms with van der Waals surface area (Å²) in [5.74, 6) is 0.421. The molecule has 0 fully saturated rings. The second kappa shape index (κ2) is 5.14. The highest BCUT2D eigenvalue weighted by Gasteiger charge is 2.05. The maximum Gasteiger partial charge on any atom is 0.133 e. The molecule has 2 aromatic rings. The Kier molecular flexibility index (Phi) is 3.79. The van der Waals surface area contributed by atoms with Crippen LogP contribution < -0.4 is 5.32 Å². The summed E-state index contributed by atoms with van der Waals surface area (Å²) < 4.78 is 14.8. The van der Waals surface area contributed by atoms with Crippen molar-refractivity contribution < 1.29 is 4.39 Å². The van der Waals surface area contributed by atoms with E-state index >= 15 is 0 Å². The fourth-order valence-electron chi connectivity index (χ4n) is 1.39. The van der Waals surface area contributed by atoms with Crippen molar-refractivity contribution >= 4 is 43.4 Å². The number of nitrogens with zero attached hydrogens (tertiary/aromatic N) is 1. The van der Waals surface area contributed by atoms with Crippen molar-refractivity contribution in [3.63, 3.8) is 0 Å². The van der Waals surface area contributed by atoms with Crippen LogP contribution in [-0.2, 0) is 0 Å². The maximum absolute atomic E-state index is 13.1. The van der Waals surface area contributed by atoms with Crippen LogP contribution in [0.1, 0.15) is 5.56 Å². The lowest BCUT2D eigenvalue weighted by Gasteiger charge is -2.10. The second-order valence-corrected chi connectivity index (χ2v) is 5.34. The molecule has 5 heteroatoms. The summed E-state index contributed by atoms with van der Waals surface area (Å²) in [6.45, 7) is 1.94. The molecular formula is C12H9Br2FN2. The number of aryl methyl sites for hydroxylation is 1. The minimum absolute atomic E-state index is 0.287. The van der Waals surface area contributed by atoms with Gasteiger partial charge >= 0.3 is 0 Å². The minimum atomic E-state index is -0.287. The molecule has 0 aliphatic carbocycles. The highest BCUT2D eigenvalue weighted by Crippen LogP contribution is 2.27. The number of nitrogens with one attached hydrogen (secondary N) is 1. The van der Waals surface area contributed by atoms with Crippen molar-refractivity contribution in [3.8, 4) is 0 Å². The molecule has 2 rings (SSSR count). The molecule has 2 nitrogen and oxygen atoms in total. The largest absolute Gasteiger partial charge is 0.339 e. The normalized spacial score (nSPS) is 10.4. The molecule has 1 N–H and O–H groups in total. The van der Waals surface area contributed by atoms with Crippen LogP contribution in [0.3, 0.4) is 0 Å². The predicted molar refractivity (Wildman–Crippen MR) is 74.1 cm³/mol. The molecule has 0 spiro atoms. The van der Waals surface area contributed by atoms with Crippen LogP contribution in [-0.4, -0.2) is 4.98 Å². The Morgan fingerprint density at radius 2 is 2.00 bits per heavy atom. The summed E-state index contributed by atoms with van der Waals surface area (Å²) in [6.07, 6.45) is 1.70. The maximum atomic E-state index is 13.1. The first kappa shape index (κ1) is 12.5. The molecule has 0 saturated carbocycles. The van der Waals surface area contributed by atoms with E-state index in [1.165, 1.54) is 12.1 Å². The third-order valence-corrected chi connectivity index (χ3v) is 3.35. The Morgan fingerprint density at radius 3 is 2.71 bits per heavy atom. The average Bonchev–Trinajstić information content (AvgIpc) is 2.27. The van der Waals surface area contributed by atoms with E-state index < -0.39 is 0 Å². The predicted octanol–water partition coefficient (Wildman–Crippen LogP) is 4.80. The van der Waals surface area contributed by atoms with Gasteiger partial charge in [0.25, 0.3) is 0 Å². The number of hydrogen-bond donors (Lipinski definition) is 1. The smallest absolute Gasteiger partial charge is 0.133 e. The molecule has 1 aromatic carbocycles. The summed E-state index contributed by atoms with van der Waals surface area (Å²) in [4.78, 5) is 4.24. The molecule has 88 valence electrons. The van der Waals surface area contributed by atoms with E-state index in [-0.39, 0.29) is 5.82 Å². The summed E-state index contributed by atoms with van der Waals surface area (Å²) >= 11 is 6.71. The highest BCUT2D eigenvalue weighted by molar-refractivity contribution is 9.10. The van der Waals surface area contributed by atoms with Crippen LogP contribution in [0.5, 0.6) is 0 Å². The zero-order chi connectivity index (χ0) is 12.4. The Morgan fingerprint density at radius 1 is 1.24 bits per heavy atom. The first-order valence-electron chi connectivity index (χ1n) is 4.90. The minimum Gasteiger partial charge on any atom is -0.339 e. The number of pyridine rings is 1. The molecule has 1 heterocycles. The summed E-state index contributed by atoms with van der Waals surface area (Å²) in [7, 11) is 0. The summed E-state index contributed by atoms with van der Waals surface area (Å²) in [5.41, 5.74) is 1.64. The number of anilines is 2. The van der Waals surface area contributed by atoms with Crippen LogP contribution in [0, 0.1) is 12.7 Å². The van der Waals surface area contributed by atoms with Gasteiger partial charge in [-0.2, -0.15) is 0 Å². The molecule has 0 unspecified atom stereocenters. The Labute approximate surface area is 116 Å². The van der Waals surface area contributed by atoms with Gasteiger partial charge in [-0.05, 0) is 68.6 Å². The van der Waals surface area contributed by atoms with E-state index in [1.54, 1.807) is 12.3 Å². The van der Waals surface area contributed by atoms with Gasteiger partial charge in [0.1, 0.15) is 11.6 Å². The monoisotopic (exact) mass is 358 g/mol. The number of aromatic nitrogens is 1. The first-order chi connectivity index (χ1) is 8.06. The second-order valence-electron chi connectivity index (χ2n) is 3.57. The number of hydrogen-bond acceptors (Lipinski definition) is 2. The molecular weight excluding hydrogens is 351 g/mol. The van der Waals surface area contributed by atoms with Gasteiger partial charge in [0.15, 0.2) is 0 Å². The first-order valence-corrected chi connectivity index (χ1v) is 6.49. The van der Waals surface area contributed by atoms with Crippen molar-refractivity contribution in [1.29, 1.82) is 0 Å². The molecule has 1 aromatic heterocycles. The Balaban J connectivity index is 2.34. The Hall–Kier alpha value is -0.940. The van der Waals surface area contributed by atoms with E-state index in [1.807, 2.05) is 13.0 Å². The van der Waals surface area contributed by atoms with Gasteiger partial charge in [0.05, 0.1) is 5.69 Å². The van der Waals surface area contributed by atoms with E-state index in [0.29, 0.717) is 11.5 Å². The average molecular weight is 360 g/mol. The van der Waals surface area contributed by atoms with Crippen LogP contribution in [0.2, 0.25) is 0 Å². The van der Waals surface area contributed by atoms with E-state index in [9.17, 15) is 4.39 Å². The van der Waals surface area contributed by atoms with Gasteiger partial charge in [-0.15, -0.1) is 0 Å². The molecule has 0 saturated heterocycles. The molecule has 0 radical (unpaired) electrons. The fourth-order valence-corrected chi connectivity index (χ4v) is 2.18. The van der Waals surface area contributed by atoms with Gasteiger partial charge in [-0.3, -0.25) is 0 Å². The lowest BCUT2D eigenvalue weighted by Crippen LogP contribution is -1.97. The van der Waals surface area contributed by atoms with Crippen molar-refractivity contribution in [3.05, 3.63) is 50.8 Å². The van der Waals surface area contributed by atoms with Gasteiger partial charge < -0.3 is 5.32 Å². The highest BCUT2D eigenvalue weighted by atomic mass is 79.9.